The molecule has 0 aliphatic heterocycles. The Hall–Kier alpha value is -2.89. The molecule has 0 amide bonds. The number of hydrogen-bond acceptors (Lipinski definition) is 6. The molecule has 0 saturated carbocycles. The molecule has 2 aromatic carbocycles. The van der Waals surface area contributed by atoms with Gasteiger partial charge in [0.05, 0.1) is 25.0 Å². The summed E-state index contributed by atoms with van der Waals surface area (Å²) in [5, 5.41) is 20.2. The van der Waals surface area contributed by atoms with Gasteiger partial charge in [0.25, 0.3) is 0 Å². The number of benzene rings is 2. The highest BCUT2D eigenvalue weighted by Gasteiger charge is 2.19. The van der Waals surface area contributed by atoms with Crippen molar-refractivity contribution in [1.82, 2.24) is 0 Å². The molecule has 1 aromatic heterocycles. The van der Waals surface area contributed by atoms with Gasteiger partial charge in [0.2, 0.25) is 16.9 Å². The maximum absolute atomic E-state index is 12.5. The largest absolute Gasteiger partial charge is 0.508 e. The van der Waals surface area contributed by atoms with E-state index < -0.39 is 0 Å². The molecule has 3 aromatic rings. The van der Waals surface area contributed by atoms with Crippen LogP contribution in [-0.4, -0.2) is 24.4 Å². The third kappa shape index (κ3) is 1.84. The van der Waals surface area contributed by atoms with E-state index in [1.165, 1.54) is 38.5 Å². The lowest BCUT2D eigenvalue weighted by atomic mass is 10.1. The predicted molar refractivity (Wildman–Crippen MR) is 76.4 cm³/mol. The number of phenols is 2. The molecular formula is C15H12O6. The van der Waals surface area contributed by atoms with E-state index in [4.69, 9.17) is 13.9 Å². The first kappa shape index (κ1) is 13.1. The van der Waals surface area contributed by atoms with Gasteiger partial charge in [0.15, 0.2) is 11.3 Å². The van der Waals surface area contributed by atoms with Crippen LogP contribution in [0.2, 0.25) is 0 Å². The summed E-state index contributed by atoms with van der Waals surface area (Å²) in [4.78, 5) is 12.5. The highest BCUT2D eigenvalue weighted by atomic mass is 16.5. The molecule has 2 N–H and O–H groups in total. The standard InChI is InChI=1S/C15H12O6/c1-19-11-6-9-12(17)8-4-3-7(16)5-10(8)21-14(9)13(18)15(11)20-2/h3-6,16,18H,1-2H3. The minimum Gasteiger partial charge on any atom is -0.508 e. The monoisotopic (exact) mass is 288 g/mol. The van der Waals surface area contributed by atoms with Crippen LogP contribution in [0.1, 0.15) is 0 Å². The van der Waals surface area contributed by atoms with E-state index in [-0.39, 0.29) is 45.0 Å². The van der Waals surface area contributed by atoms with Crippen LogP contribution in [0.4, 0.5) is 0 Å². The molecule has 0 radical (unpaired) electrons. The van der Waals surface area contributed by atoms with Gasteiger partial charge in [0, 0.05) is 6.07 Å². The number of ether oxygens (including phenoxy) is 2. The van der Waals surface area contributed by atoms with Gasteiger partial charge in [-0.25, -0.2) is 0 Å². The molecule has 0 aliphatic rings. The average molecular weight is 288 g/mol. The van der Waals surface area contributed by atoms with E-state index in [2.05, 4.69) is 0 Å². The van der Waals surface area contributed by atoms with Crippen LogP contribution in [0, 0.1) is 0 Å². The highest BCUT2D eigenvalue weighted by Crippen LogP contribution is 2.42. The molecule has 108 valence electrons. The Kier molecular flexibility index (Phi) is 2.86. The summed E-state index contributed by atoms with van der Waals surface area (Å²) in [5.74, 6) is -0.0558. The van der Waals surface area contributed by atoms with Crippen molar-refractivity contribution >= 4 is 21.9 Å². The lowest BCUT2D eigenvalue weighted by Gasteiger charge is -2.11. The summed E-state index contributed by atoms with van der Waals surface area (Å²) < 4.78 is 15.7. The van der Waals surface area contributed by atoms with E-state index >= 15 is 0 Å². The fourth-order valence-electron chi connectivity index (χ4n) is 2.27. The van der Waals surface area contributed by atoms with Crippen molar-refractivity contribution in [2.75, 3.05) is 14.2 Å². The summed E-state index contributed by atoms with van der Waals surface area (Å²) in [6.07, 6.45) is 0. The smallest absolute Gasteiger partial charge is 0.207 e. The van der Waals surface area contributed by atoms with Crippen LogP contribution in [0.25, 0.3) is 21.9 Å². The highest BCUT2D eigenvalue weighted by molar-refractivity contribution is 5.95. The Morgan fingerprint density at radius 3 is 2.48 bits per heavy atom. The predicted octanol–water partition coefficient (Wildman–Crippen LogP) is 2.37. The van der Waals surface area contributed by atoms with Crippen molar-refractivity contribution in [3.05, 3.63) is 34.5 Å². The van der Waals surface area contributed by atoms with Gasteiger partial charge in [-0.15, -0.1) is 0 Å². The Bertz CT molecular complexity index is 910. The van der Waals surface area contributed by atoms with Crippen molar-refractivity contribution < 1.29 is 24.1 Å². The van der Waals surface area contributed by atoms with Gasteiger partial charge in [-0.2, -0.15) is 0 Å². The quantitative estimate of drug-likeness (QED) is 0.704. The molecule has 0 bridgehead atoms. The van der Waals surface area contributed by atoms with E-state index in [1.54, 1.807) is 0 Å². The van der Waals surface area contributed by atoms with Gasteiger partial charge >= 0.3 is 0 Å². The fourth-order valence-corrected chi connectivity index (χ4v) is 2.27. The second-order valence-electron chi connectivity index (χ2n) is 4.45. The van der Waals surface area contributed by atoms with Gasteiger partial charge in [0.1, 0.15) is 11.3 Å². The Labute approximate surface area is 118 Å². The average Bonchev–Trinajstić information content (AvgIpc) is 2.48. The SMILES string of the molecule is COc1cc2c(=O)c3ccc(O)cc3oc2c(O)c1OC. The number of fused-ring (bicyclic) bond motifs is 2. The van der Waals surface area contributed by atoms with E-state index in [1.807, 2.05) is 0 Å². The van der Waals surface area contributed by atoms with Crippen LogP contribution < -0.4 is 14.9 Å². The minimum atomic E-state index is -0.331. The molecule has 21 heavy (non-hydrogen) atoms. The van der Waals surface area contributed by atoms with Crippen LogP contribution >= 0.6 is 0 Å². The molecule has 6 heteroatoms. The molecule has 0 aliphatic carbocycles. The third-order valence-electron chi connectivity index (χ3n) is 3.26. The van der Waals surface area contributed by atoms with Gasteiger partial charge in [-0.3, -0.25) is 4.79 Å². The maximum atomic E-state index is 12.5. The van der Waals surface area contributed by atoms with E-state index in [9.17, 15) is 15.0 Å². The molecule has 0 atom stereocenters. The topological polar surface area (TPSA) is 89.1 Å². The lowest BCUT2D eigenvalue weighted by molar-refractivity contribution is 0.333. The Morgan fingerprint density at radius 2 is 1.81 bits per heavy atom. The first-order valence-corrected chi connectivity index (χ1v) is 6.10. The zero-order valence-electron chi connectivity index (χ0n) is 11.3. The summed E-state index contributed by atoms with van der Waals surface area (Å²) in [5.41, 5.74) is -0.173. The molecule has 0 saturated heterocycles. The van der Waals surface area contributed by atoms with Crippen molar-refractivity contribution in [2.24, 2.45) is 0 Å². The molecule has 1 heterocycles. The zero-order chi connectivity index (χ0) is 15.1. The van der Waals surface area contributed by atoms with E-state index in [0.29, 0.717) is 5.39 Å². The maximum Gasteiger partial charge on any atom is 0.207 e. The van der Waals surface area contributed by atoms with Crippen molar-refractivity contribution in [2.45, 2.75) is 0 Å². The summed E-state index contributed by atoms with van der Waals surface area (Å²) >= 11 is 0. The van der Waals surface area contributed by atoms with E-state index in [0.717, 1.165) is 0 Å². The number of aromatic hydroxyl groups is 2. The molecular weight excluding hydrogens is 276 g/mol. The normalized spacial score (nSPS) is 11.0. The number of methoxy groups -OCH3 is 2. The van der Waals surface area contributed by atoms with Crippen LogP contribution in [0.5, 0.6) is 23.0 Å². The summed E-state index contributed by atoms with van der Waals surface area (Å²) in [6.45, 7) is 0. The van der Waals surface area contributed by atoms with Crippen molar-refractivity contribution in [3.63, 3.8) is 0 Å². The van der Waals surface area contributed by atoms with Crippen LogP contribution in [0.3, 0.4) is 0 Å². The molecule has 6 nitrogen and oxygen atoms in total. The summed E-state index contributed by atoms with van der Waals surface area (Å²) in [7, 11) is 2.78. The van der Waals surface area contributed by atoms with Crippen molar-refractivity contribution in [1.29, 1.82) is 0 Å². The molecule has 0 spiro atoms. The number of hydrogen-bond donors (Lipinski definition) is 2. The molecule has 0 unspecified atom stereocenters. The van der Waals surface area contributed by atoms with Gasteiger partial charge < -0.3 is 24.1 Å². The first-order chi connectivity index (χ1) is 10.1. The lowest BCUT2D eigenvalue weighted by Crippen LogP contribution is -2.03. The van der Waals surface area contributed by atoms with Crippen LogP contribution in [-0.2, 0) is 0 Å². The van der Waals surface area contributed by atoms with Crippen LogP contribution in [0.15, 0.2) is 33.5 Å². The first-order valence-electron chi connectivity index (χ1n) is 6.10. The van der Waals surface area contributed by atoms with Crippen molar-refractivity contribution in [3.8, 4) is 23.0 Å². The molecule has 0 fully saturated rings. The second kappa shape index (κ2) is 4.59. The Morgan fingerprint density at radius 1 is 1.05 bits per heavy atom. The Balaban J connectivity index is 2.54. The number of phenolic OH excluding ortho intramolecular Hbond substituents is 2. The van der Waals surface area contributed by atoms with Gasteiger partial charge in [-0.05, 0) is 18.2 Å². The number of rotatable bonds is 2. The third-order valence-corrected chi connectivity index (χ3v) is 3.26. The summed E-state index contributed by atoms with van der Waals surface area (Å²) in [6, 6.07) is 5.62. The fraction of sp³-hybridized carbons (Fsp3) is 0.133. The second-order valence-corrected chi connectivity index (χ2v) is 4.45. The zero-order valence-corrected chi connectivity index (χ0v) is 11.3. The minimum absolute atomic E-state index is 0.0178. The van der Waals surface area contributed by atoms with Gasteiger partial charge in [-0.1, -0.05) is 0 Å². The molecule has 3 rings (SSSR count).